The van der Waals surface area contributed by atoms with Gasteiger partial charge in [0.05, 0.1) is 0 Å². The first-order valence-corrected chi connectivity index (χ1v) is 7.65. The number of benzene rings is 1. The average molecular weight is 245 g/mol. The third-order valence-electron chi connectivity index (χ3n) is 4.16. The lowest BCUT2D eigenvalue weighted by Gasteiger charge is -2.30. The predicted octanol–water partition coefficient (Wildman–Crippen LogP) is 4.27. The molecule has 0 radical (unpaired) electrons. The van der Waals surface area contributed by atoms with Gasteiger partial charge in [-0.3, -0.25) is 0 Å². The van der Waals surface area contributed by atoms with Crippen LogP contribution in [0, 0.1) is 0 Å². The molecule has 1 aliphatic rings. The zero-order valence-electron chi connectivity index (χ0n) is 11.9. The van der Waals surface area contributed by atoms with Crippen molar-refractivity contribution in [2.45, 2.75) is 64.3 Å². The molecule has 1 saturated carbocycles. The van der Waals surface area contributed by atoms with Crippen molar-refractivity contribution in [3.05, 3.63) is 35.4 Å². The molecule has 18 heavy (non-hydrogen) atoms. The summed E-state index contributed by atoms with van der Waals surface area (Å²) in [6.45, 7) is 5.56. The van der Waals surface area contributed by atoms with Crippen molar-refractivity contribution >= 4 is 0 Å². The number of rotatable bonds is 5. The van der Waals surface area contributed by atoms with Crippen molar-refractivity contribution < 1.29 is 0 Å². The monoisotopic (exact) mass is 245 g/mol. The van der Waals surface area contributed by atoms with Crippen molar-refractivity contribution in [2.75, 3.05) is 6.54 Å². The normalized spacial score (nSPS) is 24.1. The van der Waals surface area contributed by atoms with Gasteiger partial charge in [0.25, 0.3) is 0 Å². The molecule has 1 aromatic rings. The molecule has 1 aliphatic carbocycles. The summed E-state index contributed by atoms with van der Waals surface area (Å²) in [6.07, 6.45) is 7.88. The van der Waals surface area contributed by atoms with E-state index < -0.39 is 0 Å². The molecule has 1 heteroatoms. The van der Waals surface area contributed by atoms with Crippen molar-refractivity contribution in [1.82, 2.24) is 5.32 Å². The van der Waals surface area contributed by atoms with Gasteiger partial charge >= 0.3 is 0 Å². The second-order valence-electron chi connectivity index (χ2n) is 5.61. The molecule has 1 aromatic carbocycles. The van der Waals surface area contributed by atoms with Crippen LogP contribution < -0.4 is 5.32 Å². The highest BCUT2D eigenvalue weighted by atomic mass is 14.9. The Morgan fingerprint density at radius 3 is 2.56 bits per heavy atom. The van der Waals surface area contributed by atoms with Gasteiger partial charge in [-0.25, -0.2) is 0 Å². The SMILES string of the molecule is CCCc1ccc(C2CCCC(NCC)C2)cc1. The molecule has 0 aromatic heterocycles. The zero-order valence-corrected chi connectivity index (χ0v) is 11.9. The van der Waals surface area contributed by atoms with Crippen LogP contribution in [-0.2, 0) is 6.42 Å². The van der Waals surface area contributed by atoms with Crippen LogP contribution in [0.5, 0.6) is 0 Å². The van der Waals surface area contributed by atoms with Crippen LogP contribution in [0.15, 0.2) is 24.3 Å². The van der Waals surface area contributed by atoms with Crippen LogP contribution in [0.1, 0.15) is 63.0 Å². The molecule has 0 aliphatic heterocycles. The second kappa shape index (κ2) is 6.94. The summed E-state index contributed by atoms with van der Waals surface area (Å²) in [4.78, 5) is 0. The van der Waals surface area contributed by atoms with Gasteiger partial charge in [0.1, 0.15) is 0 Å². The molecule has 2 rings (SSSR count). The molecule has 1 fully saturated rings. The fourth-order valence-electron chi connectivity index (χ4n) is 3.21. The summed E-state index contributed by atoms with van der Waals surface area (Å²) in [7, 11) is 0. The Bertz CT molecular complexity index is 339. The molecule has 0 bridgehead atoms. The Morgan fingerprint density at radius 1 is 1.11 bits per heavy atom. The first-order valence-electron chi connectivity index (χ1n) is 7.65. The van der Waals surface area contributed by atoms with E-state index in [1.165, 1.54) is 44.1 Å². The van der Waals surface area contributed by atoms with Gasteiger partial charge in [-0.1, -0.05) is 51.0 Å². The van der Waals surface area contributed by atoms with Gasteiger partial charge in [0.2, 0.25) is 0 Å². The maximum absolute atomic E-state index is 3.62. The summed E-state index contributed by atoms with van der Waals surface area (Å²) < 4.78 is 0. The van der Waals surface area contributed by atoms with E-state index >= 15 is 0 Å². The Morgan fingerprint density at radius 2 is 1.89 bits per heavy atom. The highest BCUT2D eigenvalue weighted by Gasteiger charge is 2.22. The van der Waals surface area contributed by atoms with E-state index in [1.807, 2.05) is 0 Å². The fourth-order valence-corrected chi connectivity index (χ4v) is 3.21. The van der Waals surface area contributed by atoms with Crippen LogP contribution in [0.2, 0.25) is 0 Å². The second-order valence-corrected chi connectivity index (χ2v) is 5.61. The lowest BCUT2D eigenvalue weighted by molar-refractivity contribution is 0.344. The van der Waals surface area contributed by atoms with Crippen LogP contribution in [0.4, 0.5) is 0 Å². The number of nitrogens with one attached hydrogen (secondary N) is 1. The molecule has 0 amide bonds. The minimum Gasteiger partial charge on any atom is -0.314 e. The highest BCUT2D eigenvalue weighted by molar-refractivity contribution is 5.26. The molecule has 0 saturated heterocycles. The molecule has 2 unspecified atom stereocenters. The highest BCUT2D eigenvalue weighted by Crippen LogP contribution is 2.33. The van der Waals surface area contributed by atoms with Gasteiger partial charge in [0.15, 0.2) is 0 Å². The van der Waals surface area contributed by atoms with Gasteiger partial charge in [-0.15, -0.1) is 0 Å². The summed E-state index contributed by atoms with van der Waals surface area (Å²) in [5.74, 6) is 0.776. The van der Waals surface area contributed by atoms with E-state index in [-0.39, 0.29) is 0 Å². The molecule has 0 heterocycles. The van der Waals surface area contributed by atoms with E-state index in [2.05, 4.69) is 43.4 Å². The van der Waals surface area contributed by atoms with Crippen molar-refractivity contribution in [1.29, 1.82) is 0 Å². The van der Waals surface area contributed by atoms with Gasteiger partial charge in [-0.2, -0.15) is 0 Å². The average Bonchev–Trinajstić information content (AvgIpc) is 2.41. The van der Waals surface area contributed by atoms with Crippen LogP contribution >= 0.6 is 0 Å². The van der Waals surface area contributed by atoms with Gasteiger partial charge in [0, 0.05) is 6.04 Å². The van der Waals surface area contributed by atoms with Gasteiger partial charge in [-0.05, 0) is 49.3 Å². The minimum absolute atomic E-state index is 0.740. The smallest absolute Gasteiger partial charge is 0.00727 e. The van der Waals surface area contributed by atoms with Crippen molar-refractivity contribution in [3.63, 3.8) is 0 Å². The number of hydrogen-bond donors (Lipinski definition) is 1. The molecule has 1 nitrogen and oxygen atoms in total. The lowest BCUT2D eigenvalue weighted by atomic mass is 9.81. The topological polar surface area (TPSA) is 12.0 Å². The van der Waals surface area contributed by atoms with E-state index in [0.717, 1.165) is 18.5 Å². The molecule has 1 N–H and O–H groups in total. The number of aryl methyl sites for hydroxylation is 1. The molecular formula is C17H27N. The van der Waals surface area contributed by atoms with Crippen LogP contribution in [0.3, 0.4) is 0 Å². The largest absolute Gasteiger partial charge is 0.314 e. The predicted molar refractivity (Wildman–Crippen MR) is 79.1 cm³/mol. The van der Waals surface area contributed by atoms with Crippen LogP contribution in [0.25, 0.3) is 0 Å². The third-order valence-corrected chi connectivity index (χ3v) is 4.16. The van der Waals surface area contributed by atoms with Crippen molar-refractivity contribution in [2.24, 2.45) is 0 Å². The maximum atomic E-state index is 3.62. The number of hydrogen-bond acceptors (Lipinski definition) is 1. The first-order chi connectivity index (χ1) is 8.83. The molecule has 2 atom stereocenters. The molecular weight excluding hydrogens is 218 g/mol. The summed E-state index contributed by atoms with van der Waals surface area (Å²) >= 11 is 0. The van der Waals surface area contributed by atoms with E-state index in [1.54, 1.807) is 5.56 Å². The Labute approximate surface area is 112 Å². The fraction of sp³-hybridized carbons (Fsp3) is 0.647. The van der Waals surface area contributed by atoms with E-state index in [4.69, 9.17) is 0 Å². The first kappa shape index (κ1) is 13.6. The molecule has 100 valence electrons. The summed E-state index contributed by atoms with van der Waals surface area (Å²) in [5.41, 5.74) is 3.04. The summed E-state index contributed by atoms with van der Waals surface area (Å²) in [6, 6.07) is 10.1. The molecule has 0 spiro atoms. The van der Waals surface area contributed by atoms with Crippen molar-refractivity contribution in [3.8, 4) is 0 Å². The van der Waals surface area contributed by atoms with Gasteiger partial charge < -0.3 is 5.32 Å². The Balaban J connectivity index is 1.97. The quantitative estimate of drug-likeness (QED) is 0.816. The van der Waals surface area contributed by atoms with E-state index in [0.29, 0.717) is 0 Å². The third kappa shape index (κ3) is 3.58. The standard InChI is InChI=1S/C17H27N/c1-3-6-14-9-11-15(12-10-14)16-7-5-8-17(13-16)18-4-2/h9-12,16-18H,3-8,13H2,1-2H3. The minimum atomic E-state index is 0.740. The Hall–Kier alpha value is -0.820. The Kier molecular flexibility index (Phi) is 5.25. The lowest BCUT2D eigenvalue weighted by Crippen LogP contribution is -2.33. The van der Waals surface area contributed by atoms with Crippen LogP contribution in [-0.4, -0.2) is 12.6 Å². The summed E-state index contributed by atoms with van der Waals surface area (Å²) in [5, 5.41) is 3.62. The maximum Gasteiger partial charge on any atom is 0.00727 e. The zero-order chi connectivity index (χ0) is 12.8. The van der Waals surface area contributed by atoms with E-state index in [9.17, 15) is 0 Å².